The highest BCUT2D eigenvalue weighted by Crippen LogP contribution is 2.23. The third kappa shape index (κ3) is 5.86. The Kier molecular flexibility index (Phi) is 7.32. The molecule has 0 aliphatic rings. The lowest BCUT2D eigenvalue weighted by Crippen LogP contribution is -2.33. The summed E-state index contributed by atoms with van der Waals surface area (Å²) < 4.78 is 5.82. The lowest BCUT2D eigenvalue weighted by Gasteiger charge is -2.14. The number of carbonyl (C=O) groups is 2. The molecule has 31 heavy (non-hydrogen) atoms. The van der Waals surface area contributed by atoms with E-state index in [0.29, 0.717) is 16.3 Å². The average molecular weight is 437 g/mol. The molecule has 5 nitrogen and oxygen atoms in total. The van der Waals surface area contributed by atoms with E-state index in [1.54, 1.807) is 30.3 Å². The summed E-state index contributed by atoms with van der Waals surface area (Å²) in [5, 5.41) is 6.14. The molecule has 0 unspecified atom stereocenters. The van der Waals surface area contributed by atoms with Gasteiger partial charge >= 0.3 is 0 Å². The Hall–Kier alpha value is -3.31. The van der Waals surface area contributed by atoms with E-state index in [-0.39, 0.29) is 25.0 Å². The number of carbonyl (C=O) groups excluding carboxylic acids is 2. The van der Waals surface area contributed by atoms with Crippen LogP contribution in [0.4, 0.5) is 5.69 Å². The number of para-hydroxylation sites is 1. The lowest BCUT2D eigenvalue weighted by molar-refractivity contribution is -0.115. The Balaban J connectivity index is 1.62. The summed E-state index contributed by atoms with van der Waals surface area (Å²) in [4.78, 5) is 25.1. The van der Waals surface area contributed by atoms with Crippen LogP contribution in [-0.2, 0) is 11.4 Å². The van der Waals surface area contributed by atoms with Crippen LogP contribution < -0.4 is 15.4 Å². The number of benzene rings is 3. The number of amides is 2. The molecule has 0 spiro atoms. The van der Waals surface area contributed by atoms with Crippen molar-refractivity contribution < 1.29 is 14.3 Å². The highest BCUT2D eigenvalue weighted by molar-refractivity contribution is 6.31. The minimum atomic E-state index is -0.387. The van der Waals surface area contributed by atoms with Crippen LogP contribution in [0.5, 0.6) is 5.75 Å². The number of anilines is 1. The monoisotopic (exact) mass is 436 g/mol. The van der Waals surface area contributed by atoms with E-state index in [9.17, 15) is 9.59 Å². The van der Waals surface area contributed by atoms with Crippen molar-refractivity contribution in [2.24, 2.45) is 0 Å². The van der Waals surface area contributed by atoms with Gasteiger partial charge < -0.3 is 15.4 Å². The molecule has 3 aromatic rings. The van der Waals surface area contributed by atoms with Gasteiger partial charge in [0.25, 0.3) is 5.91 Å². The fraction of sp³-hybridized carbons (Fsp3) is 0.200. The van der Waals surface area contributed by atoms with E-state index in [0.717, 1.165) is 27.9 Å². The molecule has 0 saturated carbocycles. The second-order valence-corrected chi connectivity index (χ2v) is 7.79. The van der Waals surface area contributed by atoms with Crippen molar-refractivity contribution in [3.63, 3.8) is 0 Å². The molecule has 0 atom stereocenters. The molecule has 0 radical (unpaired) electrons. The van der Waals surface area contributed by atoms with E-state index in [2.05, 4.69) is 10.6 Å². The Morgan fingerprint density at radius 2 is 1.58 bits per heavy atom. The minimum Gasteiger partial charge on any atom is -0.488 e. The molecule has 3 aromatic carbocycles. The van der Waals surface area contributed by atoms with Crippen molar-refractivity contribution in [1.29, 1.82) is 0 Å². The van der Waals surface area contributed by atoms with Crippen molar-refractivity contribution in [3.8, 4) is 5.75 Å². The average Bonchev–Trinajstić information content (AvgIpc) is 2.74. The zero-order chi connectivity index (χ0) is 22.4. The van der Waals surface area contributed by atoms with Gasteiger partial charge in [0.1, 0.15) is 12.4 Å². The third-order valence-corrected chi connectivity index (χ3v) is 5.19. The normalized spacial score (nSPS) is 10.5. The van der Waals surface area contributed by atoms with E-state index in [4.69, 9.17) is 16.3 Å². The second-order valence-electron chi connectivity index (χ2n) is 7.38. The maximum atomic E-state index is 12.7. The summed E-state index contributed by atoms with van der Waals surface area (Å²) in [5.41, 5.74) is 5.04. The van der Waals surface area contributed by atoms with Crippen molar-refractivity contribution >= 4 is 29.1 Å². The summed E-state index contributed by atoms with van der Waals surface area (Å²) >= 11 is 6.17. The van der Waals surface area contributed by atoms with Crippen molar-refractivity contribution in [3.05, 3.63) is 93.5 Å². The van der Waals surface area contributed by atoms with Crippen LogP contribution >= 0.6 is 11.6 Å². The molecular formula is C25H25ClN2O3. The molecule has 6 heteroatoms. The highest BCUT2D eigenvalue weighted by atomic mass is 35.5. The fourth-order valence-electron chi connectivity index (χ4n) is 3.37. The Bertz CT molecular complexity index is 1090. The molecule has 0 fully saturated rings. The first kappa shape index (κ1) is 22.4. The molecule has 0 saturated heterocycles. The number of rotatable bonds is 7. The summed E-state index contributed by atoms with van der Waals surface area (Å²) in [6, 6.07) is 18.3. The number of hydrogen-bond donors (Lipinski definition) is 2. The number of hydrogen-bond acceptors (Lipinski definition) is 3. The van der Waals surface area contributed by atoms with Gasteiger partial charge in [0.05, 0.1) is 12.1 Å². The Labute approximate surface area is 187 Å². The fourth-order valence-corrected chi connectivity index (χ4v) is 3.56. The first-order chi connectivity index (χ1) is 14.8. The largest absolute Gasteiger partial charge is 0.488 e. The second kappa shape index (κ2) is 10.1. The minimum absolute atomic E-state index is 0.148. The van der Waals surface area contributed by atoms with Gasteiger partial charge in [-0.25, -0.2) is 0 Å². The van der Waals surface area contributed by atoms with Crippen LogP contribution in [0.1, 0.15) is 32.6 Å². The van der Waals surface area contributed by atoms with Crippen molar-refractivity contribution in [2.75, 3.05) is 11.9 Å². The maximum absolute atomic E-state index is 12.7. The van der Waals surface area contributed by atoms with Crippen LogP contribution in [-0.4, -0.2) is 18.4 Å². The molecule has 2 amide bonds. The van der Waals surface area contributed by atoms with Crippen LogP contribution in [0.25, 0.3) is 0 Å². The number of nitrogens with one attached hydrogen (secondary N) is 2. The predicted molar refractivity (Wildman–Crippen MR) is 124 cm³/mol. The summed E-state index contributed by atoms with van der Waals surface area (Å²) in [7, 11) is 0. The smallest absolute Gasteiger partial charge is 0.255 e. The zero-order valence-electron chi connectivity index (χ0n) is 17.8. The molecule has 0 heterocycles. The van der Waals surface area contributed by atoms with Crippen LogP contribution in [0, 0.1) is 20.8 Å². The molecule has 3 rings (SSSR count). The van der Waals surface area contributed by atoms with E-state index in [1.807, 2.05) is 51.1 Å². The quantitative estimate of drug-likeness (QED) is 0.534. The van der Waals surface area contributed by atoms with Gasteiger partial charge in [-0.05, 0) is 50.1 Å². The molecule has 0 aromatic heterocycles. The zero-order valence-corrected chi connectivity index (χ0v) is 18.5. The van der Waals surface area contributed by atoms with Gasteiger partial charge in [-0.15, -0.1) is 0 Å². The number of aryl methyl sites for hydroxylation is 3. The highest BCUT2D eigenvalue weighted by Gasteiger charge is 2.15. The van der Waals surface area contributed by atoms with Gasteiger partial charge in [0, 0.05) is 16.3 Å². The molecule has 0 bridgehead atoms. The number of halogens is 1. The van der Waals surface area contributed by atoms with Gasteiger partial charge in [0.15, 0.2) is 0 Å². The lowest BCUT2D eigenvalue weighted by atomic mass is 10.1. The topological polar surface area (TPSA) is 67.4 Å². The van der Waals surface area contributed by atoms with Gasteiger partial charge in [0.2, 0.25) is 5.91 Å². The first-order valence-corrected chi connectivity index (χ1v) is 10.3. The van der Waals surface area contributed by atoms with E-state index >= 15 is 0 Å². The van der Waals surface area contributed by atoms with Crippen LogP contribution in [0.3, 0.4) is 0 Å². The Morgan fingerprint density at radius 3 is 2.29 bits per heavy atom. The molecule has 0 aliphatic heterocycles. The summed E-state index contributed by atoms with van der Waals surface area (Å²) in [5.74, 6) is -0.259. The SMILES string of the molecule is Cc1cc(C)c(NC(=O)CNC(=O)c2ccccc2OCc2ccccc2Cl)c(C)c1. The van der Waals surface area contributed by atoms with Gasteiger partial charge in [-0.3, -0.25) is 9.59 Å². The first-order valence-electron chi connectivity index (χ1n) is 9.96. The molecular weight excluding hydrogens is 412 g/mol. The molecule has 2 N–H and O–H groups in total. The Morgan fingerprint density at radius 1 is 0.935 bits per heavy atom. The van der Waals surface area contributed by atoms with Gasteiger partial charge in [-0.2, -0.15) is 0 Å². The van der Waals surface area contributed by atoms with Crippen molar-refractivity contribution in [1.82, 2.24) is 5.32 Å². The van der Waals surface area contributed by atoms with Crippen molar-refractivity contribution in [2.45, 2.75) is 27.4 Å². The predicted octanol–water partition coefficient (Wildman–Crippen LogP) is 5.21. The van der Waals surface area contributed by atoms with E-state index in [1.165, 1.54) is 0 Å². The molecule has 0 aliphatic carbocycles. The van der Waals surface area contributed by atoms with Gasteiger partial charge in [-0.1, -0.05) is 59.6 Å². The molecule has 160 valence electrons. The third-order valence-electron chi connectivity index (χ3n) is 4.82. The summed E-state index contributed by atoms with van der Waals surface area (Å²) in [6.45, 7) is 5.99. The van der Waals surface area contributed by atoms with E-state index < -0.39 is 0 Å². The maximum Gasteiger partial charge on any atom is 0.255 e. The summed E-state index contributed by atoms with van der Waals surface area (Å²) in [6.07, 6.45) is 0. The van der Waals surface area contributed by atoms with Crippen LogP contribution in [0.15, 0.2) is 60.7 Å². The number of ether oxygens (including phenoxy) is 1. The standard InChI is InChI=1S/C25H25ClN2O3/c1-16-12-17(2)24(18(3)13-16)28-23(29)14-27-25(30)20-9-5-7-11-22(20)31-15-19-8-4-6-10-21(19)26/h4-13H,14-15H2,1-3H3,(H,27,30)(H,28,29). The van der Waals surface area contributed by atoms with Crippen LogP contribution in [0.2, 0.25) is 5.02 Å².